The number of hydrogen-bond acceptors (Lipinski definition) is 5. The summed E-state index contributed by atoms with van der Waals surface area (Å²) >= 11 is 1.36. The van der Waals surface area contributed by atoms with Crippen molar-refractivity contribution in [3.05, 3.63) is 5.82 Å². The summed E-state index contributed by atoms with van der Waals surface area (Å²) < 4.78 is 2.09. The Hall–Kier alpha value is -1.57. The standard InChI is InChI=1S/C14H23N5O2S/c1-4-7-15-13(21)9(2)16-12(20)8-22-14-18-17-10(3)19(14)11-5-6-11/h9,11H,4-8H2,1-3H3,(H,15,21)(H,16,20)/t9-/m1/s1. The minimum Gasteiger partial charge on any atom is -0.354 e. The molecule has 2 amide bonds. The Morgan fingerprint density at radius 2 is 2.14 bits per heavy atom. The van der Waals surface area contributed by atoms with Crippen molar-refractivity contribution in [1.29, 1.82) is 0 Å². The van der Waals surface area contributed by atoms with Crippen LogP contribution in [0.1, 0.15) is 45.0 Å². The molecule has 1 heterocycles. The van der Waals surface area contributed by atoms with Crippen molar-refractivity contribution in [1.82, 2.24) is 25.4 Å². The summed E-state index contributed by atoms with van der Waals surface area (Å²) in [5.41, 5.74) is 0. The number of carbonyl (C=O) groups is 2. The second-order valence-corrected chi connectivity index (χ2v) is 6.44. The first-order chi connectivity index (χ1) is 10.5. The molecule has 1 fully saturated rings. The highest BCUT2D eigenvalue weighted by atomic mass is 32.2. The summed E-state index contributed by atoms with van der Waals surface area (Å²) in [6, 6.07) is -0.0398. The first-order valence-electron chi connectivity index (χ1n) is 7.64. The zero-order valence-electron chi connectivity index (χ0n) is 13.3. The first kappa shape index (κ1) is 16.8. The van der Waals surface area contributed by atoms with Crippen LogP contribution in [-0.4, -0.2) is 44.9 Å². The molecule has 1 aromatic heterocycles. The molecule has 22 heavy (non-hydrogen) atoms. The topological polar surface area (TPSA) is 88.9 Å². The maximum Gasteiger partial charge on any atom is 0.242 e. The highest BCUT2D eigenvalue weighted by Crippen LogP contribution is 2.38. The van der Waals surface area contributed by atoms with Crippen molar-refractivity contribution >= 4 is 23.6 Å². The van der Waals surface area contributed by atoms with Crippen LogP contribution >= 0.6 is 11.8 Å². The van der Waals surface area contributed by atoms with Crippen LogP contribution in [0.4, 0.5) is 0 Å². The van der Waals surface area contributed by atoms with Crippen molar-refractivity contribution in [2.24, 2.45) is 0 Å². The van der Waals surface area contributed by atoms with E-state index in [0.717, 1.165) is 30.2 Å². The fraction of sp³-hybridized carbons (Fsp3) is 0.714. The number of aryl methyl sites for hydroxylation is 1. The van der Waals surface area contributed by atoms with E-state index < -0.39 is 6.04 Å². The van der Waals surface area contributed by atoms with Crippen LogP contribution in [0.25, 0.3) is 0 Å². The van der Waals surface area contributed by atoms with Crippen molar-refractivity contribution < 1.29 is 9.59 Å². The monoisotopic (exact) mass is 325 g/mol. The second kappa shape index (κ2) is 7.62. The lowest BCUT2D eigenvalue weighted by Crippen LogP contribution is -2.45. The fourth-order valence-corrected chi connectivity index (χ4v) is 2.94. The molecule has 1 saturated carbocycles. The fourth-order valence-electron chi connectivity index (χ4n) is 2.08. The number of nitrogens with zero attached hydrogens (tertiary/aromatic N) is 3. The minimum absolute atomic E-state index is 0.155. The summed E-state index contributed by atoms with van der Waals surface area (Å²) in [6.07, 6.45) is 3.17. The van der Waals surface area contributed by atoms with E-state index in [0.29, 0.717) is 12.6 Å². The van der Waals surface area contributed by atoms with Crippen molar-refractivity contribution in [2.75, 3.05) is 12.3 Å². The lowest BCUT2D eigenvalue weighted by molar-refractivity contribution is -0.127. The van der Waals surface area contributed by atoms with Gasteiger partial charge in [0.25, 0.3) is 0 Å². The molecule has 1 aliphatic carbocycles. The number of carbonyl (C=O) groups excluding carboxylic acids is 2. The predicted molar refractivity (Wildman–Crippen MR) is 84.7 cm³/mol. The van der Waals surface area contributed by atoms with Gasteiger partial charge < -0.3 is 15.2 Å². The number of hydrogen-bond donors (Lipinski definition) is 2. The number of nitrogens with one attached hydrogen (secondary N) is 2. The van der Waals surface area contributed by atoms with Gasteiger partial charge in [0.1, 0.15) is 11.9 Å². The van der Waals surface area contributed by atoms with Gasteiger partial charge in [0.15, 0.2) is 5.16 Å². The summed E-state index contributed by atoms with van der Waals surface area (Å²) in [7, 11) is 0. The van der Waals surface area contributed by atoms with E-state index >= 15 is 0 Å². The summed E-state index contributed by atoms with van der Waals surface area (Å²) in [5, 5.41) is 14.4. The predicted octanol–water partition coefficient (Wildman–Crippen LogP) is 1.04. The van der Waals surface area contributed by atoms with E-state index in [-0.39, 0.29) is 17.6 Å². The molecule has 122 valence electrons. The van der Waals surface area contributed by atoms with E-state index in [4.69, 9.17) is 0 Å². The van der Waals surface area contributed by atoms with Crippen LogP contribution < -0.4 is 10.6 Å². The molecule has 0 aromatic carbocycles. The van der Waals surface area contributed by atoms with Gasteiger partial charge >= 0.3 is 0 Å². The first-order valence-corrected chi connectivity index (χ1v) is 8.62. The van der Waals surface area contributed by atoms with Gasteiger partial charge in [0, 0.05) is 12.6 Å². The maximum absolute atomic E-state index is 11.9. The Morgan fingerprint density at radius 3 is 2.77 bits per heavy atom. The van der Waals surface area contributed by atoms with Crippen molar-refractivity contribution in [3.8, 4) is 0 Å². The van der Waals surface area contributed by atoms with Gasteiger partial charge in [-0.05, 0) is 33.1 Å². The molecule has 0 radical (unpaired) electrons. The van der Waals surface area contributed by atoms with Gasteiger partial charge in [0.2, 0.25) is 11.8 Å². The van der Waals surface area contributed by atoms with E-state index in [1.165, 1.54) is 11.8 Å². The van der Waals surface area contributed by atoms with Crippen LogP contribution in [0, 0.1) is 6.92 Å². The average molecular weight is 325 g/mol. The molecular weight excluding hydrogens is 302 g/mol. The third kappa shape index (κ3) is 4.46. The van der Waals surface area contributed by atoms with Crippen LogP contribution in [-0.2, 0) is 9.59 Å². The average Bonchev–Trinajstić information content (AvgIpc) is 3.25. The van der Waals surface area contributed by atoms with Crippen LogP contribution in [0.3, 0.4) is 0 Å². The quantitative estimate of drug-likeness (QED) is 0.697. The Kier molecular flexibility index (Phi) is 5.82. The van der Waals surface area contributed by atoms with Crippen LogP contribution in [0.5, 0.6) is 0 Å². The summed E-state index contributed by atoms with van der Waals surface area (Å²) in [5.74, 6) is 0.790. The molecule has 2 rings (SSSR count). The van der Waals surface area contributed by atoms with Crippen molar-refractivity contribution in [2.45, 2.75) is 57.3 Å². The smallest absolute Gasteiger partial charge is 0.242 e. The number of thioether (sulfide) groups is 1. The SMILES string of the molecule is CCCNC(=O)[C@@H](C)NC(=O)CSc1nnc(C)n1C1CC1. The van der Waals surface area contributed by atoms with E-state index in [9.17, 15) is 9.59 Å². The summed E-state index contributed by atoms with van der Waals surface area (Å²) in [4.78, 5) is 23.6. The third-order valence-corrected chi connectivity index (χ3v) is 4.34. The number of aromatic nitrogens is 3. The summed E-state index contributed by atoms with van der Waals surface area (Å²) in [6.45, 7) is 6.22. The van der Waals surface area contributed by atoms with Gasteiger partial charge in [0.05, 0.1) is 5.75 Å². The maximum atomic E-state index is 11.9. The molecule has 8 heteroatoms. The molecule has 0 unspecified atom stereocenters. The Labute approximate surface area is 134 Å². The van der Waals surface area contributed by atoms with E-state index in [1.54, 1.807) is 6.92 Å². The Balaban J connectivity index is 1.79. The molecule has 1 atom stereocenters. The van der Waals surface area contributed by atoms with E-state index in [1.807, 2.05) is 13.8 Å². The lowest BCUT2D eigenvalue weighted by Gasteiger charge is -2.13. The number of amides is 2. The second-order valence-electron chi connectivity index (χ2n) is 5.50. The van der Waals surface area contributed by atoms with E-state index in [2.05, 4.69) is 25.4 Å². The molecule has 0 bridgehead atoms. The zero-order chi connectivity index (χ0) is 16.1. The van der Waals surface area contributed by atoms with Gasteiger partial charge in [-0.15, -0.1) is 10.2 Å². The lowest BCUT2D eigenvalue weighted by atomic mass is 10.3. The van der Waals surface area contributed by atoms with Gasteiger partial charge in [-0.2, -0.15) is 0 Å². The normalized spacial score (nSPS) is 15.4. The van der Waals surface area contributed by atoms with Crippen molar-refractivity contribution in [3.63, 3.8) is 0 Å². The number of rotatable bonds is 8. The third-order valence-electron chi connectivity index (χ3n) is 3.40. The Morgan fingerprint density at radius 1 is 1.41 bits per heavy atom. The van der Waals surface area contributed by atoms with Gasteiger partial charge in [-0.1, -0.05) is 18.7 Å². The molecular formula is C14H23N5O2S. The Bertz CT molecular complexity index is 541. The van der Waals surface area contributed by atoms with Crippen LogP contribution in [0.2, 0.25) is 0 Å². The van der Waals surface area contributed by atoms with Crippen LogP contribution in [0.15, 0.2) is 5.16 Å². The molecule has 0 saturated heterocycles. The highest BCUT2D eigenvalue weighted by Gasteiger charge is 2.28. The van der Waals surface area contributed by atoms with Gasteiger partial charge in [-0.3, -0.25) is 9.59 Å². The molecule has 2 N–H and O–H groups in total. The highest BCUT2D eigenvalue weighted by molar-refractivity contribution is 7.99. The largest absolute Gasteiger partial charge is 0.354 e. The molecule has 0 aliphatic heterocycles. The molecule has 7 nitrogen and oxygen atoms in total. The van der Waals surface area contributed by atoms with Gasteiger partial charge in [-0.25, -0.2) is 0 Å². The minimum atomic E-state index is -0.525. The zero-order valence-corrected chi connectivity index (χ0v) is 14.1. The molecule has 1 aliphatic rings. The molecule has 1 aromatic rings. The molecule has 0 spiro atoms.